The Morgan fingerprint density at radius 2 is 1.97 bits per heavy atom. The molecule has 9 heteroatoms. The fraction of sp³-hybridized carbons (Fsp3) is 0.542. The molecule has 0 radical (unpaired) electrons. The third-order valence-electron chi connectivity index (χ3n) is 5.80. The van der Waals surface area contributed by atoms with Crippen molar-refractivity contribution in [1.82, 2.24) is 19.9 Å². The fourth-order valence-corrected chi connectivity index (χ4v) is 4.29. The third-order valence-corrected chi connectivity index (χ3v) is 5.80. The summed E-state index contributed by atoms with van der Waals surface area (Å²) in [5.41, 5.74) is 7.50. The van der Waals surface area contributed by atoms with Gasteiger partial charge in [0, 0.05) is 31.8 Å². The molecule has 0 atom stereocenters. The Kier molecular flexibility index (Phi) is 6.45. The van der Waals surface area contributed by atoms with E-state index >= 15 is 0 Å². The highest BCUT2D eigenvalue weighted by Crippen LogP contribution is 2.32. The minimum Gasteiger partial charge on any atom is -0.444 e. The van der Waals surface area contributed by atoms with E-state index in [9.17, 15) is 4.79 Å². The summed E-state index contributed by atoms with van der Waals surface area (Å²) in [4.78, 5) is 22.1. The zero-order valence-electron chi connectivity index (χ0n) is 19.8. The fourth-order valence-electron chi connectivity index (χ4n) is 4.29. The van der Waals surface area contributed by atoms with E-state index in [0.717, 1.165) is 22.2 Å². The number of benzene rings is 1. The maximum absolute atomic E-state index is 12.8. The van der Waals surface area contributed by atoms with Gasteiger partial charge >= 0.3 is 6.09 Å². The summed E-state index contributed by atoms with van der Waals surface area (Å²) in [5, 5.41) is 4.12. The van der Waals surface area contributed by atoms with E-state index in [0.29, 0.717) is 57.1 Å². The number of amides is 1. The number of nitrogen functional groups attached to an aromatic ring is 1. The number of imidazole rings is 1. The lowest BCUT2D eigenvalue weighted by Crippen LogP contribution is -2.55. The maximum Gasteiger partial charge on any atom is 0.408 e. The van der Waals surface area contributed by atoms with Crippen molar-refractivity contribution in [1.29, 1.82) is 0 Å². The van der Waals surface area contributed by atoms with Crippen LogP contribution in [0.4, 0.5) is 10.6 Å². The maximum atomic E-state index is 12.8. The van der Waals surface area contributed by atoms with Crippen LogP contribution in [0, 0.1) is 0 Å². The molecule has 1 saturated heterocycles. The van der Waals surface area contributed by atoms with E-state index in [1.165, 1.54) is 0 Å². The van der Waals surface area contributed by atoms with Gasteiger partial charge in [0.05, 0.1) is 16.6 Å². The van der Waals surface area contributed by atoms with Crippen LogP contribution in [0.3, 0.4) is 0 Å². The summed E-state index contributed by atoms with van der Waals surface area (Å²) in [5.74, 6) is 1.12. The average molecular weight is 456 g/mol. The molecule has 0 saturated carbocycles. The number of rotatable bonds is 6. The molecule has 2 aromatic heterocycles. The van der Waals surface area contributed by atoms with Crippen LogP contribution < -0.4 is 11.1 Å². The number of carbonyl (C=O) groups is 1. The van der Waals surface area contributed by atoms with Crippen LogP contribution in [-0.4, -0.2) is 51.6 Å². The van der Waals surface area contributed by atoms with Crippen LogP contribution in [0.15, 0.2) is 24.3 Å². The molecule has 1 amide bonds. The second-order valence-corrected chi connectivity index (χ2v) is 9.48. The molecule has 33 heavy (non-hydrogen) atoms. The summed E-state index contributed by atoms with van der Waals surface area (Å²) in [7, 11) is 0. The third kappa shape index (κ3) is 5.04. The minimum atomic E-state index is -0.589. The van der Waals surface area contributed by atoms with Crippen molar-refractivity contribution in [3.63, 3.8) is 0 Å². The van der Waals surface area contributed by atoms with Gasteiger partial charge in [0.15, 0.2) is 5.82 Å². The number of hydrogen-bond donors (Lipinski definition) is 2. The standard InChI is InChI=1S/C24H33N5O4/c1-5-31-14-18-27-19-20(16-8-6-7-9-17(16)26-21(19)25)29(18)15-24(10-12-32-13-11-24)28-22(30)33-23(2,3)4/h6-9H,5,10-15H2,1-4H3,(H2,25,26)(H,28,30). The van der Waals surface area contributed by atoms with Crippen LogP contribution in [0.1, 0.15) is 46.4 Å². The highest BCUT2D eigenvalue weighted by molar-refractivity contribution is 6.06. The average Bonchev–Trinajstić information content (AvgIpc) is 3.10. The Hall–Kier alpha value is -2.91. The van der Waals surface area contributed by atoms with Gasteiger partial charge in [0.2, 0.25) is 0 Å². The lowest BCUT2D eigenvalue weighted by atomic mass is 9.89. The molecule has 3 heterocycles. The van der Waals surface area contributed by atoms with E-state index in [-0.39, 0.29) is 0 Å². The molecule has 3 N–H and O–H groups in total. The monoisotopic (exact) mass is 455 g/mol. The van der Waals surface area contributed by atoms with Gasteiger partial charge in [0.25, 0.3) is 0 Å². The number of carbonyl (C=O) groups excluding carboxylic acids is 1. The summed E-state index contributed by atoms with van der Waals surface area (Å²) in [6.45, 7) is 9.99. The van der Waals surface area contributed by atoms with Crippen molar-refractivity contribution < 1.29 is 19.0 Å². The van der Waals surface area contributed by atoms with Gasteiger partial charge in [-0.2, -0.15) is 0 Å². The van der Waals surface area contributed by atoms with Crippen LogP contribution in [0.25, 0.3) is 21.9 Å². The molecular formula is C24H33N5O4. The second-order valence-electron chi connectivity index (χ2n) is 9.48. The van der Waals surface area contributed by atoms with Crippen molar-refractivity contribution >= 4 is 33.8 Å². The van der Waals surface area contributed by atoms with Crippen LogP contribution >= 0.6 is 0 Å². The van der Waals surface area contributed by atoms with Gasteiger partial charge in [-0.25, -0.2) is 14.8 Å². The Bertz CT molecular complexity index is 1150. The van der Waals surface area contributed by atoms with Gasteiger partial charge in [0.1, 0.15) is 23.5 Å². The highest BCUT2D eigenvalue weighted by atomic mass is 16.6. The smallest absolute Gasteiger partial charge is 0.408 e. The normalized spacial score (nSPS) is 16.2. The number of nitrogens with zero attached hydrogens (tertiary/aromatic N) is 3. The largest absolute Gasteiger partial charge is 0.444 e. The van der Waals surface area contributed by atoms with Gasteiger partial charge in [-0.05, 0) is 46.6 Å². The quantitative estimate of drug-likeness (QED) is 0.581. The molecule has 0 bridgehead atoms. The number of hydrogen-bond acceptors (Lipinski definition) is 7. The number of nitrogens with one attached hydrogen (secondary N) is 1. The predicted octanol–water partition coefficient (Wildman–Crippen LogP) is 3.78. The second kappa shape index (κ2) is 9.15. The van der Waals surface area contributed by atoms with E-state index in [4.69, 9.17) is 24.9 Å². The lowest BCUT2D eigenvalue weighted by molar-refractivity contribution is 0.0117. The molecule has 9 nitrogen and oxygen atoms in total. The minimum absolute atomic E-state index is 0.331. The summed E-state index contributed by atoms with van der Waals surface area (Å²) in [6.07, 6.45) is 0.864. The Labute approximate surface area is 193 Å². The number of nitrogens with two attached hydrogens (primary N) is 1. The van der Waals surface area contributed by atoms with E-state index in [1.807, 2.05) is 52.0 Å². The van der Waals surface area contributed by atoms with Gasteiger partial charge in [-0.1, -0.05) is 18.2 Å². The Morgan fingerprint density at radius 1 is 1.24 bits per heavy atom. The zero-order chi connectivity index (χ0) is 23.6. The molecule has 3 aromatic rings. The van der Waals surface area contributed by atoms with E-state index in [1.54, 1.807) is 0 Å². The predicted molar refractivity (Wildman–Crippen MR) is 127 cm³/mol. The number of fused-ring (bicyclic) bond motifs is 3. The first-order valence-corrected chi connectivity index (χ1v) is 11.4. The molecule has 0 spiro atoms. The van der Waals surface area contributed by atoms with Gasteiger partial charge in [-0.15, -0.1) is 0 Å². The number of pyridine rings is 1. The summed E-state index contributed by atoms with van der Waals surface area (Å²) >= 11 is 0. The van der Waals surface area contributed by atoms with Crippen molar-refractivity contribution in [2.24, 2.45) is 0 Å². The topological polar surface area (TPSA) is 114 Å². The van der Waals surface area contributed by atoms with Crippen molar-refractivity contribution in [2.75, 3.05) is 25.6 Å². The van der Waals surface area contributed by atoms with Crippen molar-refractivity contribution in [2.45, 2.75) is 64.8 Å². The van der Waals surface area contributed by atoms with Gasteiger partial charge in [-0.3, -0.25) is 0 Å². The molecule has 1 aromatic carbocycles. The zero-order valence-corrected chi connectivity index (χ0v) is 19.8. The van der Waals surface area contributed by atoms with Crippen molar-refractivity contribution in [3.05, 3.63) is 30.1 Å². The molecule has 1 aliphatic heterocycles. The number of ether oxygens (including phenoxy) is 3. The Morgan fingerprint density at radius 3 is 2.67 bits per heavy atom. The molecule has 1 aliphatic rings. The van der Waals surface area contributed by atoms with Crippen LogP contribution in [-0.2, 0) is 27.4 Å². The molecule has 178 valence electrons. The Balaban J connectivity index is 1.82. The van der Waals surface area contributed by atoms with Crippen molar-refractivity contribution in [3.8, 4) is 0 Å². The molecule has 0 unspecified atom stereocenters. The molecule has 0 aliphatic carbocycles. The molecule has 4 rings (SSSR count). The van der Waals surface area contributed by atoms with Crippen LogP contribution in [0.5, 0.6) is 0 Å². The SMILES string of the molecule is CCOCc1nc2c(N)nc3ccccc3c2n1CC1(NC(=O)OC(C)(C)C)CCOCC1. The number of anilines is 1. The van der Waals surface area contributed by atoms with Gasteiger partial charge < -0.3 is 29.8 Å². The first-order chi connectivity index (χ1) is 15.7. The number of alkyl carbamates (subject to hydrolysis) is 1. The van der Waals surface area contributed by atoms with E-state index in [2.05, 4.69) is 14.9 Å². The summed E-state index contributed by atoms with van der Waals surface area (Å²) in [6, 6.07) is 7.87. The highest BCUT2D eigenvalue weighted by Gasteiger charge is 2.37. The molecule has 1 fully saturated rings. The van der Waals surface area contributed by atoms with Crippen LogP contribution in [0.2, 0.25) is 0 Å². The first kappa shape index (κ1) is 23.3. The number of aromatic nitrogens is 3. The lowest BCUT2D eigenvalue weighted by Gasteiger charge is -2.39. The first-order valence-electron chi connectivity index (χ1n) is 11.4. The number of para-hydroxylation sites is 1. The summed E-state index contributed by atoms with van der Waals surface area (Å²) < 4.78 is 19.1. The molecular weight excluding hydrogens is 422 g/mol. The van der Waals surface area contributed by atoms with E-state index < -0.39 is 17.2 Å².